The molecule has 0 radical (unpaired) electrons. The molecule has 0 aliphatic rings. The Labute approximate surface area is 183 Å². The molecule has 1 N–H and O–H groups in total. The molecular weight excluding hydrogens is 422 g/mol. The van der Waals surface area contributed by atoms with Gasteiger partial charge in [-0.05, 0) is 12.5 Å². The van der Waals surface area contributed by atoms with Crippen LogP contribution in [0.4, 0.5) is 5.13 Å². The molecule has 0 spiro atoms. The van der Waals surface area contributed by atoms with Crippen LogP contribution in [-0.4, -0.2) is 46.5 Å². The topological polar surface area (TPSA) is 97.2 Å². The van der Waals surface area contributed by atoms with Crippen molar-refractivity contribution < 1.29 is 13.2 Å². The molecule has 0 aliphatic heterocycles. The average molecular weight is 456 g/mol. The van der Waals surface area contributed by atoms with Crippen LogP contribution in [0.25, 0.3) is 0 Å². The fraction of sp³-hybridized carbons (Fsp3) is 0.650. The lowest BCUT2D eigenvalue weighted by Gasteiger charge is -2.17. The summed E-state index contributed by atoms with van der Waals surface area (Å²) in [5.41, 5.74) is 0.258. The van der Waals surface area contributed by atoms with Gasteiger partial charge in [-0.3, -0.25) is 10.1 Å². The van der Waals surface area contributed by atoms with E-state index in [0.29, 0.717) is 18.2 Å². The smallest absolute Gasteiger partial charge is 0.274 e. The van der Waals surface area contributed by atoms with Gasteiger partial charge in [0.1, 0.15) is 15.6 Å². The highest BCUT2D eigenvalue weighted by Gasteiger charge is 2.25. The van der Waals surface area contributed by atoms with E-state index < -0.39 is 15.9 Å². The highest BCUT2D eigenvalue weighted by Crippen LogP contribution is 2.21. The molecule has 0 aliphatic carbocycles. The van der Waals surface area contributed by atoms with E-state index >= 15 is 0 Å². The summed E-state index contributed by atoms with van der Waals surface area (Å²) in [4.78, 5) is 12.8. The summed E-state index contributed by atoms with van der Waals surface area (Å²) in [6.45, 7) is 6.53. The van der Waals surface area contributed by atoms with Crippen LogP contribution >= 0.6 is 11.3 Å². The van der Waals surface area contributed by atoms with Gasteiger partial charge in [-0.1, -0.05) is 64.2 Å². The number of amides is 1. The van der Waals surface area contributed by atoms with E-state index in [1.807, 2.05) is 0 Å². The molecule has 2 heterocycles. The van der Waals surface area contributed by atoms with Gasteiger partial charge in [-0.25, -0.2) is 8.42 Å². The summed E-state index contributed by atoms with van der Waals surface area (Å²) < 4.78 is 28.3. The number of carbonyl (C=O) groups is 1. The SMILES string of the molecule is CCCCCCCCc1nnc(NC(=O)c2cc(S(=O)(=O)N(CC)CC)cn2C)s1. The molecule has 8 nitrogen and oxygen atoms in total. The Morgan fingerprint density at radius 1 is 1.10 bits per heavy atom. The largest absolute Gasteiger partial charge is 0.345 e. The van der Waals surface area contributed by atoms with Crippen LogP contribution in [0.5, 0.6) is 0 Å². The second-order valence-corrected chi connectivity index (χ2v) is 10.2. The molecule has 2 aromatic heterocycles. The number of aryl methyl sites for hydroxylation is 2. The van der Waals surface area contributed by atoms with Gasteiger partial charge in [-0.15, -0.1) is 10.2 Å². The third-order valence-corrected chi connectivity index (χ3v) is 7.90. The molecule has 0 bridgehead atoms. The van der Waals surface area contributed by atoms with Crippen LogP contribution in [0.15, 0.2) is 17.2 Å². The number of sulfonamides is 1. The molecular formula is C20H33N5O3S2. The van der Waals surface area contributed by atoms with Gasteiger partial charge < -0.3 is 4.57 Å². The number of unbranched alkanes of at least 4 members (excludes halogenated alkanes) is 5. The monoisotopic (exact) mass is 455 g/mol. The van der Waals surface area contributed by atoms with Crippen molar-refractivity contribution in [3.05, 3.63) is 23.0 Å². The molecule has 30 heavy (non-hydrogen) atoms. The van der Waals surface area contributed by atoms with E-state index in [1.165, 1.54) is 64.6 Å². The number of rotatable bonds is 13. The molecule has 2 rings (SSSR count). The van der Waals surface area contributed by atoms with E-state index in [1.54, 1.807) is 20.9 Å². The first-order valence-electron chi connectivity index (χ1n) is 10.6. The third-order valence-electron chi connectivity index (χ3n) is 4.99. The number of aromatic nitrogens is 3. The zero-order chi connectivity index (χ0) is 22.1. The summed E-state index contributed by atoms with van der Waals surface area (Å²) >= 11 is 1.36. The summed E-state index contributed by atoms with van der Waals surface area (Å²) in [7, 11) is -1.96. The van der Waals surface area contributed by atoms with Crippen LogP contribution in [0, 0.1) is 0 Å². The Kier molecular flexibility index (Phi) is 9.44. The molecule has 0 unspecified atom stereocenters. The maximum Gasteiger partial charge on any atom is 0.274 e. The highest BCUT2D eigenvalue weighted by molar-refractivity contribution is 7.89. The van der Waals surface area contributed by atoms with E-state index in [-0.39, 0.29) is 10.6 Å². The fourth-order valence-electron chi connectivity index (χ4n) is 3.24. The predicted octanol–water partition coefficient (Wildman–Crippen LogP) is 4.06. The summed E-state index contributed by atoms with van der Waals surface area (Å²) in [5.74, 6) is -0.402. The minimum atomic E-state index is -3.62. The minimum absolute atomic E-state index is 0.111. The Morgan fingerprint density at radius 3 is 2.43 bits per heavy atom. The van der Waals surface area contributed by atoms with Crippen molar-refractivity contribution in [3.63, 3.8) is 0 Å². The number of anilines is 1. The van der Waals surface area contributed by atoms with Gasteiger partial charge in [0.25, 0.3) is 5.91 Å². The van der Waals surface area contributed by atoms with Gasteiger partial charge in [-0.2, -0.15) is 4.31 Å². The maximum absolute atomic E-state index is 12.7. The summed E-state index contributed by atoms with van der Waals surface area (Å²) in [6, 6.07) is 1.40. The Morgan fingerprint density at radius 2 is 1.77 bits per heavy atom. The first-order valence-corrected chi connectivity index (χ1v) is 12.9. The zero-order valence-electron chi connectivity index (χ0n) is 18.3. The highest BCUT2D eigenvalue weighted by atomic mass is 32.2. The second kappa shape index (κ2) is 11.6. The Hall–Kier alpha value is -1.78. The molecule has 0 atom stereocenters. The van der Waals surface area contributed by atoms with E-state index in [9.17, 15) is 13.2 Å². The third kappa shape index (κ3) is 6.36. The van der Waals surface area contributed by atoms with Crippen molar-refractivity contribution in [1.29, 1.82) is 0 Å². The minimum Gasteiger partial charge on any atom is -0.345 e. The maximum atomic E-state index is 12.7. The lowest BCUT2D eigenvalue weighted by Crippen LogP contribution is -2.30. The van der Waals surface area contributed by atoms with Crippen molar-refractivity contribution in [2.75, 3.05) is 18.4 Å². The number of hydrogen-bond donors (Lipinski definition) is 1. The van der Waals surface area contributed by atoms with Gasteiger partial charge >= 0.3 is 0 Å². The van der Waals surface area contributed by atoms with Crippen LogP contribution in [-0.2, 0) is 23.5 Å². The van der Waals surface area contributed by atoms with Gasteiger partial charge in [0.2, 0.25) is 15.2 Å². The first-order chi connectivity index (χ1) is 14.3. The molecule has 0 saturated carbocycles. The molecule has 10 heteroatoms. The van der Waals surface area contributed by atoms with Crippen molar-refractivity contribution in [3.8, 4) is 0 Å². The molecule has 2 aromatic rings. The van der Waals surface area contributed by atoms with E-state index in [0.717, 1.165) is 17.8 Å². The summed E-state index contributed by atoms with van der Waals surface area (Å²) in [5, 5.41) is 12.3. The average Bonchev–Trinajstić information content (AvgIpc) is 3.32. The standard InChI is InChI=1S/C20H33N5O3S2/c1-5-8-9-10-11-12-13-18-22-23-20(29-18)21-19(26)17-14-16(15-24(17)4)30(27,28)25(6-2)7-3/h14-15H,5-13H2,1-4H3,(H,21,23,26). The van der Waals surface area contributed by atoms with Crippen molar-refractivity contribution in [2.24, 2.45) is 7.05 Å². The normalized spacial score (nSPS) is 11.9. The van der Waals surface area contributed by atoms with Gasteiger partial charge in [0, 0.05) is 32.8 Å². The first kappa shape index (κ1) is 24.5. The van der Waals surface area contributed by atoms with Crippen molar-refractivity contribution >= 4 is 32.4 Å². The zero-order valence-corrected chi connectivity index (χ0v) is 20.0. The number of carbonyl (C=O) groups excluding carboxylic acids is 1. The van der Waals surface area contributed by atoms with E-state index in [4.69, 9.17) is 0 Å². The second-order valence-electron chi connectivity index (χ2n) is 7.23. The molecule has 0 fully saturated rings. The summed E-state index contributed by atoms with van der Waals surface area (Å²) in [6.07, 6.45) is 9.60. The quantitative estimate of drug-likeness (QED) is 0.459. The lowest BCUT2D eigenvalue weighted by molar-refractivity contribution is 0.101. The molecule has 168 valence electrons. The Bertz CT molecular complexity index is 917. The number of nitrogens with zero attached hydrogens (tertiary/aromatic N) is 4. The van der Waals surface area contributed by atoms with Crippen molar-refractivity contribution in [1.82, 2.24) is 19.1 Å². The number of nitrogens with one attached hydrogen (secondary N) is 1. The van der Waals surface area contributed by atoms with Crippen LogP contribution in [0.1, 0.15) is 74.8 Å². The van der Waals surface area contributed by atoms with Crippen LogP contribution in [0.3, 0.4) is 0 Å². The molecule has 1 amide bonds. The number of hydrogen-bond acceptors (Lipinski definition) is 6. The lowest BCUT2D eigenvalue weighted by atomic mass is 10.1. The fourth-order valence-corrected chi connectivity index (χ4v) is 5.54. The van der Waals surface area contributed by atoms with Crippen LogP contribution in [0.2, 0.25) is 0 Å². The van der Waals surface area contributed by atoms with Gasteiger partial charge in [0.15, 0.2) is 0 Å². The van der Waals surface area contributed by atoms with E-state index in [2.05, 4.69) is 22.4 Å². The predicted molar refractivity (Wildman–Crippen MR) is 120 cm³/mol. The van der Waals surface area contributed by atoms with Crippen LogP contribution < -0.4 is 5.32 Å². The van der Waals surface area contributed by atoms with Crippen molar-refractivity contribution in [2.45, 2.75) is 70.6 Å². The molecule has 0 aromatic carbocycles. The molecule has 0 saturated heterocycles. The Balaban J connectivity index is 1.97. The van der Waals surface area contributed by atoms with Gasteiger partial charge in [0.05, 0.1) is 0 Å².